The predicted octanol–water partition coefficient (Wildman–Crippen LogP) is 3.94. The molecule has 3 N–H and O–H groups in total. The van der Waals surface area contributed by atoms with Crippen molar-refractivity contribution in [1.82, 2.24) is 0 Å². The summed E-state index contributed by atoms with van der Waals surface area (Å²) in [7, 11) is 0. The minimum Gasteiger partial charge on any atom is -0.365 e. The number of hydrogen-bond acceptors (Lipinski definition) is 4. The molecule has 0 spiro atoms. The second-order valence-electron chi connectivity index (χ2n) is 6.96. The largest absolute Gasteiger partial charge is 0.365 e. The Morgan fingerprint density at radius 3 is 2.73 bits per heavy atom. The molecule has 1 heterocycles. The van der Waals surface area contributed by atoms with Gasteiger partial charge in [0.15, 0.2) is 0 Å². The molecule has 0 radical (unpaired) electrons. The van der Waals surface area contributed by atoms with E-state index in [0.29, 0.717) is 10.6 Å². The number of benzene rings is 1. The third-order valence-electron chi connectivity index (χ3n) is 5.16. The first-order chi connectivity index (χ1) is 12.5. The van der Waals surface area contributed by atoms with Gasteiger partial charge in [-0.3, -0.25) is 9.59 Å². The number of primary amides is 1. The molecule has 0 saturated heterocycles. The zero-order valence-electron chi connectivity index (χ0n) is 14.8. The summed E-state index contributed by atoms with van der Waals surface area (Å²) in [6.45, 7) is 1.90. The molecule has 0 bridgehead atoms. The van der Waals surface area contributed by atoms with Crippen molar-refractivity contribution < 1.29 is 9.59 Å². The Bertz CT molecular complexity index is 888. The summed E-state index contributed by atoms with van der Waals surface area (Å²) < 4.78 is 0. The van der Waals surface area contributed by atoms with Crippen molar-refractivity contribution in [3.8, 4) is 0 Å². The van der Waals surface area contributed by atoms with Crippen LogP contribution in [0.1, 0.15) is 51.7 Å². The first kappa shape index (κ1) is 17.6. The molecule has 2 aliphatic carbocycles. The molecule has 1 aromatic heterocycles. The molecular weight excluding hydrogens is 364 g/mol. The fourth-order valence-electron chi connectivity index (χ4n) is 3.85. The number of anilines is 1. The number of amides is 2. The molecule has 1 unspecified atom stereocenters. The molecule has 0 fully saturated rings. The van der Waals surface area contributed by atoms with Crippen LogP contribution in [0.3, 0.4) is 0 Å². The lowest BCUT2D eigenvalue weighted by Crippen LogP contribution is -2.24. The van der Waals surface area contributed by atoms with E-state index >= 15 is 0 Å². The highest BCUT2D eigenvalue weighted by molar-refractivity contribution is 8.00. The maximum Gasteiger partial charge on any atom is 0.251 e. The standard InChI is InChI=1S/C20H22N2O2S2/c1-11(25-14-9-8-12-4-2-5-13(12)10-14)19(24)22-20-17(18(21)23)15-6-3-7-16(15)26-20/h8-11H,2-7H2,1H3,(H2,21,23)(H,22,24). The van der Waals surface area contributed by atoms with Crippen LogP contribution in [0.25, 0.3) is 0 Å². The van der Waals surface area contributed by atoms with Crippen molar-refractivity contribution in [3.05, 3.63) is 45.3 Å². The summed E-state index contributed by atoms with van der Waals surface area (Å²) >= 11 is 3.06. The normalized spacial score (nSPS) is 16.2. The molecule has 2 amide bonds. The maximum atomic E-state index is 12.7. The molecule has 1 aromatic carbocycles. The van der Waals surface area contributed by atoms with Gasteiger partial charge in [0.1, 0.15) is 5.00 Å². The Labute approximate surface area is 161 Å². The number of hydrogen-bond donors (Lipinski definition) is 2. The predicted molar refractivity (Wildman–Crippen MR) is 107 cm³/mol. The van der Waals surface area contributed by atoms with Crippen LogP contribution in [0, 0.1) is 0 Å². The summed E-state index contributed by atoms with van der Waals surface area (Å²) in [5.74, 6) is -0.531. The topological polar surface area (TPSA) is 72.2 Å². The lowest BCUT2D eigenvalue weighted by Gasteiger charge is -2.13. The second kappa shape index (κ2) is 7.08. The van der Waals surface area contributed by atoms with Crippen LogP contribution >= 0.6 is 23.1 Å². The highest BCUT2D eigenvalue weighted by atomic mass is 32.2. The summed E-state index contributed by atoms with van der Waals surface area (Å²) in [6, 6.07) is 6.50. The Kier molecular flexibility index (Phi) is 4.80. The molecule has 4 rings (SSSR count). The number of carbonyl (C=O) groups is 2. The van der Waals surface area contributed by atoms with Crippen LogP contribution < -0.4 is 11.1 Å². The van der Waals surface area contributed by atoms with Gasteiger partial charge in [-0.15, -0.1) is 23.1 Å². The smallest absolute Gasteiger partial charge is 0.251 e. The van der Waals surface area contributed by atoms with Gasteiger partial charge in [0.2, 0.25) is 5.91 Å². The minimum atomic E-state index is -0.446. The van der Waals surface area contributed by atoms with Crippen molar-refractivity contribution in [2.24, 2.45) is 5.73 Å². The third kappa shape index (κ3) is 3.28. The first-order valence-electron chi connectivity index (χ1n) is 9.06. The number of aryl methyl sites for hydroxylation is 3. The second-order valence-corrected chi connectivity index (χ2v) is 9.48. The van der Waals surface area contributed by atoms with Crippen molar-refractivity contribution in [2.45, 2.75) is 55.6 Å². The van der Waals surface area contributed by atoms with E-state index in [0.717, 1.165) is 42.6 Å². The van der Waals surface area contributed by atoms with Crippen LogP contribution in [-0.2, 0) is 30.5 Å². The lowest BCUT2D eigenvalue weighted by molar-refractivity contribution is -0.115. The van der Waals surface area contributed by atoms with E-state index in [1.807, 2.05) is 6.92 Å². The van der Waals surface area contributed by atoms with E-state index in [4.69, 9.17) is 5.73 Å². The van der Waals surface area contributed by atoms with Crippen molar-refractivity contribution in [2.75, 3.05) is 5.32 Å². The molecule has 26 heavy (non-hydrogen) atoms. The van der Waals surface area contributed by atoms with Crippen LogP contribution in [0.2, 0.25) is 0 Å². The zero-order valence-corrected chi connectivity index (χ0v) is 16.4. The van der Waals surface area contributed by atoms with E-state index < -0.39 is 5.91 Å². The first-order valence-corrected chi connectivity index (χ1v) is 10.8. The molecule has 0 saturated carbocycles. The SMILES string of the molecule is CC(Sc1ccc2c(c1)CCC2)C(=O)Nc1sc2c(c1C(N)=O)CCC2. The summed E-state index contributed by atoms with van der Waals surface area (Å²) in [6.07, 6.45) is 6.41. The molecule has 0 aliphatic heterocycles. The maximum absolute atomic E-state index is 12.7. The van der Waals surface area contributed by atoms with Gasteiger partial charge in [0.05, 0.1) is 10.8 Å². The van der Waals surface area contributed by atoms with Crippen LogP contribution in [0.5, 0.6) is 0 Å². The van der Waals surface area contributed by atoms with Crippen LogP contribution in [0.15, 0.2) is 23.1 Å². The van der Waals surface area contributed by atoms with Gasteiger partial charge in [-0.1, -0.05) is 6.07 Å². The number of nitrogens with two attached hydrogens (primary N) is 1. The van der Waals surface area contributed by atoms with E-state index in [2.05, 4.69) is 23.5 Å². The number of thioether (sulfide) groups is 1. The summed E-state index contributed by atoms with van der Waals surface area (Å²) in [5.41, 5.74) is 9.97. The van der Waals surface area contributed by atoms with Gasteiger partial charge in [-0.25, -0.2) is 0 Å². The van der Waals surface area contributed by atoms with Crippen LogP contribution in [-0.4, -0.2) is 17.1 Å². The van der Waals surface area contributed by atoms with Gasteiger partial charge in [-0.05, 0) is 74.3 Å². The van der Waals surface area contributed by atoms with Gasteiger partial charge in [-0.2, -0.15) is 0 Å². The van der Waals surface area contributed by atoms with Gasteiger partial charge in [0, 0.05) is 9.77 Å². The number of rotatable bonds is 5. The minimum absolute atomic E-state index is 0.0853. The van der Waals surface area contributed by atoms with Crippen molar-refractivity contribution in [3.63, 3.8) is 0 Å². The molecule has 2 aliphatic rings. The molecule has 4 nitrogen and oxygen atoms in total. The van der Waals surface area contributed by atoms with Crippen molar-refractivity contribution in [1.29, 1.82) is 0 Å². The van der Waals surface area contributed by atoms with E-state index in [1.54, 1.807) is 11.8 Å². The Morgan fingerprint density at radius 1 is 1.15 bits per heavy atom. The highest BCUT2D eigenvalue weighted by Gasteiger charge is 2.27. The van der Waals surface area contributed by atoms with Gasteiger partial charge in [0.25, 0.3) is 5.91 Å². The Hall–Kier alpha value is -1.79. The fourth-order valence-corrected chi connectivity index (χ4v) is 6.07. The summed E-state index contributed by atoms with van der Waals surface area (Å²) in [4.78, 5) is 26.9. The average Bonchev–Trinajstić information content (AvgIpc) is 3.28. The molecule has 1 atom stereocenters. The number of carbonyl (C=O) groups excluding carboxylic acids is 2. The zero-order chi connectivity index (χ0) is 18.3. The molecular formula is C20H22N2O2S2. The number of thiophene rings is 1. The highest BCUT2D eigenvalue weighted by Crippen LogP contribution is 2.39. The van der Waals surface area contributed by atoms with Gasteiger partial charge >= 0.3 is 0 Å². The van der Waals surface area contributed by atoms with Crippen molar-refractivity contribution >= 4 is 39.9 Å². The molecule has 2 aromatic rings. The Morgan fingerprint density at radius 2 is 1.92 bits per heavy atom. The Balaban J connectivity index is 1.47. The van der Waals surface area contributed by atoms with E-state index in [1.165, 1.54) is 33.8 Å². The lowest BCUT2D eigenvalue weighted by atomic mass is 10.1. The van der Waals surface area contributed by atoms with Crippen LogP contribution in [0.4, 0.5) is 5.00 Å². The third-order valence-corrected chi connectivity index (χ3v) is 7.46. The molecule has 136 valence electrons. The average molecular weight is 387 g/mol. The summed E-state index contributed by atoms with van der Waals surface area (Å²) in [5, 5.41) is 3.33. The molecule has 6 heteroatoms. The fraction of sp³-hybridized carbons (Fsp3) is 0.400. The quantitative estimate of drug-likeness (QED) is 0.765. The number of fused-ring (bicyclic) bond motifs is 2. The van der Waals surface area contributed by atoms with E-state index in [-0.39, 0.29) is 11.2 Å². The monoisotopic (exact) mass is 386 g/mol. The number of nitrogens with one attached hydrogen (secondary N) is 1. The van der Waals surface area contributed by atoms with E-state index in [9.17, 15) is 9.59 Å². The van der Waals surface area contributed by atoms with Gasteiger partial charge < -0.3 is 11.1 Å².